The Labute approximate surface area is 120 Å². The Kier molecular flexibility index (Phi) is 4.24. The molecule has 1 aromatic carbocycles. The number of anilines is 3. The third kappa shape index (κ3) is 3.59. The van der Waals surface area contributed by atoms with Gasteiger partial charge in [0, 0.05) is 6.92 Å². The van der Waals surface area contributed by atoms with E-state index in [0.717, 1.165) is 5.69 Å². The molecule has 4 nitrogen and oxygen atoms in total. The molecule has 19 heavy (non-hydrogen) atoms. The summed E-state index contributed by atoms with van der Waals surface area (Å²) in [6.07, 6.45) is 1.59. The fourth-order valence-electron chi connectivity index (χ4n) is 1.48. The summed E-state index contributed by atoms with van der Waals surface area (Å²) in [4.78, 5) is 15.0. The number of hydrogen-bond acceptors (Lipinski definition) is 3. The Morgan fingerprint density at radius 1 is 1.16 bits per heavy atom. The first-order valence-corrected chi connectivity index (χ1v) is 6.26. The Bertz CT molecular complexity index is 579. The standard InChI is InChI=1S/C13H11Cl2N3O/c1-8(19)17-12-6-5-9(7-16-12)18-13-10(14)3-2-4-11(13)15/h2-7,18H,1H3,(H,16,17,19). The Morgan fingerprint density at radius 2 is 1.84 bits per heavy atom. The minimum atomic E-state index is -0.164. The van der Waals surface area contributed by atoms with Crippen molar-refractivity contribution < 1.29 is 4.79 Å². The second-order valence-corrected chi connectivity index (χ2v) is 4.65. The highest BCUT2D eigenvalue weighted by atomic mass is 35.5. The van der Waals surface area contributed by atoms with Crippen molar-refractivity contribution in [1.82, 2.24) is 4.98 Å². The lowest BCUT2D eigenvalue weighted by Gasteiger charge is -2.10. The number of aromatic nitrogens is 1. The topological polar surface area (TPSA) is 54.0 Å². The van der Waals surface area contributed by atoms with E-state index in [1.165, 1.54) is 6.92 Å². The Balaban J connectivity index is 2.18. The number of rotatable bonds is 3. The molecule has 0 bridgehead atoms. The van der Waals surface area contributed by atoms with Crippen molar-refractivity contribution in [2.45, 2.75) is 6.92 Å². The lowest BCUT2D eigenvalue weighted by molar-refractivity contribution is -0.114. The van der Waals surface area contributed by atoms with Gasteiger partial charge in [0.1, 0.15) is 5.82 Å². The van der Waals surface area contributed by atoms with Crippen LogP contribution >= 0.6 is 23.2 Å². The molecule has 0 aliphatic heterocycles. The molecule has 98 valence electrons. The first-order chi connectivity index (χ1) is 9.06. The number of hydrogen-bond donors (Lipinski definition) is 2. The van der Waals surface area contributed by atoms with Crippen molar-refractivity contribution in [2.75, 3.05) is 10.6 Å². The van der Waals surface area contributed by atoms with Gasteiger partial charge >= 0.3 is 0 Å². The van der Waals surface area contributed by atoms with Gasteiger partial charge in [-0.25, -0.2) is 4.98 Å². The lowest BCUT2D eigenvalue weighted by atomic mass is 10.3. The molecule has 2 aromatic rings. The average Bonchev–Trinajstić information content (AvgIpc) is 2.35. The molecule has 6 heteroatoms. The van der Waals surface area contributed by atoms with Crippen LogP contribution in [0.2, 0.25) is 10.0 Å². The number of halogens is 2. The molecule has 0 saturated heterocycles. The van der Waals surface area contributed by atoms with E-state index < -0.39 is 0 Å². The maximum absolute atomic E-state index is 10.9. The third-order valence-electron chi connectivity index (χ3n) is 2.30. The predicted octanol–water partition coefficient (Wildman–Crippen LogP) is 4.09. The average molecular weight is 296 g/mol. The second-order valence-electron chi connectivity index (χ2n) is 3.83. The number of amides is 1. The van der Waals surface area contributed by atoms with E-state index in [0.29, 0.717) is 21.6 Å². The molecule has 2 N–H and O–H groups in total. The van der Waals surface area contributed by atoms with Gasteiger partial charge in [-0.2, -0.15) is 0 Å². The fraction of sp³-hybridized carbons (Fsp3) is 0.0769. The van der Waals surface area contributed by atoms with Gasteiger partial charge < -0.3 is 10.6 Å². The molecule has 0 radical (unpaired) electrons. The van der Waals surface area contributed by atoms with Crippen molar-refractivity contribution >= 4 is 46.3 Å². The molecule has 0 saturated carbocycles. The van der Waals surface area contributed by atoms with Crippen LogP contribution in [-0.2, 0) is 4.79 Å². The highest BCUT2D eigenvalue weighted by Crippen LogP contribution is 2.32. The number of benzene rings is 1. The smallest absolute Gasteiger partial charge is 0.222 e. The van der Waals surface area contributed by atoms with Crippen molar-refractivity contribution in [2.24, 2.45) is 0 Å². The van der Waals surface area contributed by atoms with Crippen LogP contribution in [0.25, 0.3) is 0 Å². The first kappa shape index (κ1) is 13.6. The zero-order valence-corrected chi connectivity index (χ0v) is 11.6. The maximum Gasteiger partial charge on any atom is 0.222 e. The van der Waals surface area contributed by atoms with Crippen LogP contribution in [0.5, 0.6) is 0 Å². The maximum atomic E-state index is 10.9. The monoisotopic (exact) mass is 295 g/mol. The molecule has 2 rings (SSSR count). The molecule has 1 amide bonds. The summed E-state index contributed by atoms with van der Waals surface area (Å²) >= 11 is 12.1. The van der Waals surface area contributed by atoms with Crippen LogP contribution in [0, 0.1) is 0 Å². The first-order valence-electron chi connectivity index (χ1n) is 5.51. The van der Waals surface area contributed by atoms with Crippen molar-refractivity contribution in [3.8, 4) is 0 Å². The zero-order valence-electron chi connectivity index (χ0n) is 10.1. The summed E-state index contributed by atoms with van der Waals surface area (Å²) < 4.78 is 0. The van der Waals surface area contributed by atoms with E-state index in [9.17, 15) is 4.79 Å². The Morgan fingerprint density at radius 3 is 2.37 bits per heavy atom. The van der Waals surface area contributed by atoms with Gasteiger partial charge in [0.05, 0.1) is 27.6 Å². The fourth-order valence-corrected chi connectivity index (χ4v) is 1.98. The summed E-state index contributed by atoms with van der Waals surface area (Å²) in [6, 6.07) is 8.73. The molecule has 1 heterocycles. The summed E-state index contributed by atoms with van der Waals surface area (Å²) in [7, 11) is 0. The number of carbonyl (C=O) groups excluding carboxylic acids is 1. The molecular formula is C13H11Cl2N3O. The van der Waals surface area contributed by atoms with Gasteiger partial charge in [-0.1, -0.05) is 29.3 Å². The molecular weight excluding hydrogens is 285 g/mol. The molecule has 0 unspecified atom stereocenters. The zero-order chi connectivity index (χ0) is 13.8. The van der Waals surface area contributed by atoms with Gasteiger partial charge in [0.2, 0.25) is 5.91 Å². The number of carbonyl (C=O) groups is 1. The van der Waals surface area contributed by atoms with Crippen molar-refractivity contribution in [3.63, 3.8) is 0 Å². The summed E-state index contributed by atoms with van der Waals surface area (Å²) in [5, 5.41) is 6.72. The van der Waals surface area contributed by atoms with Crippen molar-refractivity contribution in [3.05, 3.63) is 46.6 Å². The van der Waals surface area contributed by atoms with E-state index >= 15 is 0 Å². The third-order valence-corrected chi connectivity index (χ3v) is 2.93. The number of para-hydroxylation sites is 1. The van der Waals surface area contributed by atoms with Gasteiger partial charge in [-0.15, -0.1) is 0 Å². The lowest BCUT2D eigenvalue weighted by Crippen LogP contribution is -2.07. The van der Waals surface area contributed by atoms with Gasteiger partial charge in [-0.3, -0.25) is 4.79 Å². The second kappa shape index (κ2) is 5.91. The van der Waals surface area contributed by atoms with E-state index in [4.69, 9.17) is 23.2 Å². The van der Waals surface area contributed by atoms with Crippen LogP contribution in [0.3, 0.4) is 0 Å². The molecule has 1 aromatic heterocycles. The largest absolute Gasteiger partial charge is 0.352 e. The van der Waals surface area contributed by atoms with Gasteiger partial charge in [0.15, 0.2) is 0 Å². The van der Waals surface area contributed by atoms with E-state index in [-0.39, 0.29) is 5.91 Å². The highest BCUT2D eigenvalue weighted by Gasteiger charge is 2.06. The summed E-state index contributed by atoms with van der Waals surface area (Å²) in [5.41, 5.74) is 1.35. The van der Waals surface area contributed by atoms with Crippen LogP contribution in [-0.4, -0.2) is 10.9 Å². The van der Waals surface area contributed by atoms with E-state index in [1.54, 1.807) is 36.5 Å². The summed E-state index contributed by atoms with van der Waals surface area (Å²) in [5.74, 6) is 0.325. The van der Waals surface area contributed by atoms with Crippen LogP contribution < -0.4 is 10.6 Å². The SMILES string of the molecule is CC(=O)Nc1ccc(Nc2c(Cl)cccc2Cl)cn1. The van der Waals surface area contributed by atoms with E-state index in [2.05, 4.69) is 15.6 Å². The molecule has 0 atom stereocenters. The normalized spacial score (nSPS) is 10.1. The highest BCUT2D eigenvalue weighted by molar-refractivity contribution is 6.39. The van der Waals surface area contributed by atoms with Crippen LogP contribution in [0.15, 0.2) is 36.5 Å². The van der Waals surface area contributed by atoms with Gasteiger partial charge in [-0.05, 0) is 24.3 Å². The minimum absolute atomic E-state index is 0.164. The minimum Gasteiger partial charge on any atom is -0.352 e. The molecule has 0 aliphatic rings. The quantitative estimate of drug-likeness (QED) is 0.897. The number of pyridine rings is 1. The number of nitrogens with one attached hydrogen (secondary N) is 2. The molecule has 0 spiro atoms. The number of nitrogens with zero attached hydrogens (tertiary/aromatic N) is 1. The van der Waals surface area contributed by atoms with Crippen LogP contribution in [0.4, 0.5) is 17.2 Å². The Hall–Kier alpha value is -1.78. The van der Waals surface area contributed by atoms with E-state index in [1.807, 2.05) is 0 Å². The molecule has 0 aliphatic carbocycles. The molecule has 0 fully saturated rings. The van der Waals surface area contributed by atoms with Gasteiger partial charge in [0.25, 0.3) is 0 Å². The predicted molar refractivity (Wildman–Crippen MR) is 78.3 cm³/mol. The summed E-state index contributed by atoms with van der Waals surface area (Å²) in [6.45, 7) is 1.43. The van der Waals surface area contributed by atoms with Crippen LogP contribution in [0.1, 0.15) is 6.92 Å². The van der Waals surface area contributed by atoms with Crippen molar-refractivity contribution in [1.29, 1.82) is 0 Å².